The van der Waals surface area contributed by atoms with Crippen molar-refractivity contribution in [1.29, 1.82) is 0 Å². The van der Waals surface area contributed by atoms with Gasteiger partial charge in [0, 0.05) is 10.7 Å². The molecule has 1 unspecified atom stereocenters. The molecule has 0 fully saturated rings. The molecule has 0 aliphatic heterocycles. The van der Waals surface area contributed by atoms with Crippen LogP contribution in [0.15, 0.2) is 28.9 Å². The fraction of sp³-hybridized carbons (Fsp3) is 0.308. The number of halogens is 3. The first-order valence-electron chi connectivity index (χ1n) is 5.87. The van der Waals surface area contributed by atoms with Gasteiger partial charge in [0.2, 0.25) is 0 Å². The second kappa shape index (κ2) is 7.22. The van der Waals surface area contributed by atoms with Gasteiger partial charge in [-0.05, 0) is 56.2 Å². The van der Waals surface area contributed by atoms with E-state index in [4.69, 9.17) is 16.3 Å². The molecule has 0 amide bonds. The van der Waals surface area contributed by atoms with Crippen LogP contribution in [0, 0.1) is 3.57 Å². The highest BCUT2D eigenvalue weighted by Crippen LogP contribution is 2.31. The Morgan fingerprint density at radius 3 is 2.95 bits per heavy atom. The first-order valence-corrected chi connectivity index (χ1v) is 8.12. The zero-order chi connectivity index (χ0) is 14.7. The van der Waals surface area contributed by atoms with Crippen molar-refractivity contribution in [2.24, 2.45) is 0 Å². The Morgan fingerprint density at radius 1 is 1.55 bits per heavy atom. The van der Waals surface area contributed by atoms with Crippen LogP contribution in [0.1, 0.15) is 17.4 Å². The van der Waals surface area contributed by atoms with Crippen LogP contribution < -0.4 is 0 Å². The van der Waals surface area contributed by atoms with E-state index in [0.717, 1.165) is 13.6 Å². The molecule has 20 heavy (non-hydrogen) atoms. The lowest BCUT2D eigenvalue weighted by molar-refractivity contribution is 0.171. The number of hydrogen-bond acceptors (Lipinski definition) is 3. The summed E-state index contributed by atoms with van der Waals surface area (Å²) < 4.78 is 8.49. The van der Waals surface area contributed by atoms with Crippen LogP contribution in [0.4, 0.5) is 0 Å². The number of aromatic nitrogens is 2. The number of ether oxygens (including phenoxy) is 1. The summed E-state index contributed by atoms with van der Waals surface area (Å²) in [5.41, 5.74) is 1.43. The minimum Gasteiger partial charge on any atom is -0.383 e. The van der Waals surface area contributed by atoms with E-state index in [1.54, 1.807) is 24.1 Å². The summed E-state index contributed by atoms with van der Waals surface area (Å²) >= 11 is 11.7. The van der Waals surface area contributed by atoms with E-state index in [-0.39, 0.29) is 0 Å². The van der Waals surface area contributed by atoms with Gasteiger partial charge in [0.05, 0.1) is 34.5 Å². The minimum absolute atomic E-state index is 0.529. The number of methoxy groups -OCH3 is 1. The molecule has 2 rings (SSSR count). The van der Waals surface area contributed by atoms with Gasteiger partial charge in [-0.2, -0.15) is 5.10 Å². The smallest absolute Gasteiger partial charge is 0.122 e. The summed E-state index contributed by atoms with van der Waals surface area (Å²) in [7, 11) is 1.63. The Balaban J connectivity index is 2.34. The average molecular weight is 472 g/mol. The Bertz CT molecular complexity index is 606. The van der Waals surface area contributed by atoms with Gasteiger partial charge >= 0.3 is 0 Å². The Morgan fingerprint density at radius 2 is 2.30 bits per heavy atom. The Labute approximate surface area is 144 Å². The van der Waals surface area contributed by atoms with Crippen LogP contribution in [0.25, 0.3) is 0 Å². The highest BCUT2D eigenvalue weighted by molar-refractivity contribution is 14.1. The van der Waals surface area contributed by atoms with Gasteiger partial charge in [-0.15, -0.1) is 0 Å². The number of aliphatic hydroxyl groups excluding tert-OH is 1. The van der Waals surface area contributed by atoms with Crippen molar-refractivity contribution < 1.29 is 9.84 Å². The van der Waals surface area contributed by atoms with Crippen LogP contribution in [0.2, 0.25) is 5.02 Å². The molecule has 0 saturated heterocycles. The SMILES string of the molecule is COCCn1ncc(Br)c1C(O)c1ccc(I)c(Cl)c1. The van der Waals surface area contributed by atoms with E-state index < -0.39 is 6.10 Å². The number of nitrogens with zero attached hydrogens (tertiary/aromatic N) is 2. The first kappa shape index (κ1) is 16.2. The predicted octanol–water partition coefficient (Wildman–Crippen LogP) is 3.63. The molecule has 0 saturated carbocycles. The van der Waals surface area contributed by atoms with E-state index in [2.05, 4.69) is 43.6 Å². The van der Waals surface area contributed by atoms with Crippen LogP contribution in [0.5, 0.6) is 0 Å². The lowest BCUT2D eigenvalue weighted by atomic mass is 10.1. The van der Waals surface area contributed by atoms with Gasteiger partial charge in [-0.25, -0.2) is 0 Å². The standard InChI is InChI=1S/C13H13BrClIN2O2/c1-20-5-4-18-12(9(14)7-17-18)13(19)8-2-3-11(16)10(15)6-8/h2-3,6-7,13,19H,4-5H2,1H3. The van der Waals surface area contributed by atoms with E-state index in [0.29, 0.717) is 23.9 Å². The molecule has 0 bridgehead atoms. The van der Waals surface area contributed by atoms with Gasteiger partial charge in [-0.1, -0.05) is 17.7 Å². The van der Waals surface area contributed by atoms with Gasteiger partial charge in [0.1, 0.15) is 6.10 Å². The van der Waals surface area contributed by atoms with Crippen LogP contribution in [-0.2, 0) is 11.3 Å². The molecule has 0 spiro atoms. The lowest BCUT2D eigenvalue weighted by Gasteiger charge is -2.15. The largest absolute Gasteiger partial charge is 0.383 e. The summed E-state index contributed by atoms with van der Waals surface area (Å²) in [5.74, 6) is 0. The second-order valence-electron chi connectivity index (χ2n) is 4.17. The van der Waals surface area contributed by atoms with E-state index in [1.165, 1.54) is 0 Å². The number of benzene rings is 1. The van der Waals surface area contributed by atoms with Gasteiger partial charge in [0.15, 0.2) is 0 Å². The summed E-state index contributed by atoms with van der Waals surface area (Å²) in [6.45, 7) is 1.11. The van der Waals surface area contributed by atoms with E-state index in [1.807, 2.05) is 12.1 Å². The van der Waals surface area contributed by atoms with Crippen LogP contribution in [0.3, 0.4) is 0 Å². The van der Waals surface area contributed by atoms with Crippen LogP contribution >= 0.6 is 50.1 Å². The molecule has 108 valence electrons. The highest BCUT2D eigenvalue weighted by atomic mass is 127. The van der Waals surface area contributed by atoms with Crippen molar-refractivity contribution in [2.45, 2.75) is 12.6 Å². The normalized spacial score (nSPS) is 12.7. The topological polar surface area (TPSA) is 47.3 Å². The van der Waals surface area contributed by atoms with Crippen molar-refractivity contribution >= 4 is 50.1 Å². The molecule has 1 aromatic heterocycles. The molecule has 4 nitrogen and oxygen atoms in total. The first-order chi connectivity index (χ1) is 9.54. The van der Waals surface area contributed by atoms with Crippen molar-refractivity contribution in [3.63, 3.8) is 0 Å². The Hall–Kier alpha value is -0.150. The zero-order valence-electron chi connectivity index (χ0n) is 10.7. The third-order valence-corrected chi connectivity index (χ3v) is 5.04. The van der Waals surface area contributed by atoms with Crippen molar-refractivity contribution in [1.82, 2.24) is 9.78 Å². The third-order valence-electron chi connectivity index (χ3n) is 2.86. The summed E-state index contributed by atoms with van der Waals surface area (Å²) in [6, 6.07) is 5.51. The monoisotopic (exact) mass is 470 g/mol. The van der Waals surface area contributed by atoms with Gasteiger partial charge in [0.25, 0.3) is 0 Å². The molecular weight excluding hydrogens is 458 g/mol. The molecule has 0 aliphatic rings. The third kappa shape index (κ3) is 3.54. The number of rotatable bonds is 5. The molecule has 1 N–H and O–H groups in total. The minimum atomic E-state index is -0.793. The second-order valence-corrected chi connectivity index (χ2v) is 6.59. The maximum atomic E-state index is 10.6. The number of hydrogen-bond donors (Lipinski definition) is 1. The summed E-state index contributed by atoms with van der Waals surface area (Å²) in [4.78, 5) is 0. The summed E-state index contributed by atoms with van der Waals surface area (Å²) in [6.07, 6.45) is 0.876. The highest BCUT2D eigenvalue weighted by Gasteiger charge is 2.20. The van der Waals surface area contributed by atoms with Gasteiger partial charge in [-0.3, -0.25) is 4.68 Å². The maximum absolute atomic E-state index is 10.6. The molecule has 0 radical (unpaired) electrons. The molecular formula is C13H13BrClIN2O2. The van der Waals surface area contributed by atoms with E-state index >= 15 is 0 Å². The molecule has 7 heteroatoms. The molecule has 1 atom stereocenters. The Kier molecular flexibility index (Phi) is 5.85. The van der Waals surface area contributed by atoms with Crippen molar-refractivity contribution in [3.8, 4) is 0 Å². The maximum Gasteiger partial charge on any atom is 0.122 e. The average Bonchev–Trinajstić information content (AvgIpc) is 2.80. The van der Waals surface area contributed by atoms with Crippen molar-refractivity contribution in [2.75, 3.05) is 13.7 Å². The molecule has 0 aliphatic carbocycles. The van der Waals surface area contributed by atoms with Gasteiger partial charge < -0.3 is 9.84 Å². The molecule has 1 heterocycles. The quantitative estimate of drug-likeness (QED) is 0.678. The fourth-order valence-corrected chi connectivity index (χ4v) is 2.88. The number of aliphatic hydroxyl groups is 1. The van der Waals surface area contributed by atoms with E-state index in [9.17, 15) is 5.11 Å². The molecule has 2 aromatic rings. The van der Waals surface area contributed by atoms with Crippen LogP contribution in [-0.4, -0.2) is 28.6 Å². The lowest BCUT2D eigenvalue weighted by Crippen LogP contribution is -2.13. The predicted molar refractivity (Wildman–Crippen MR) is 90.0 cm³/mol. The fourth-order valence-electron chi connectivity index (χ4n) is 1.84. The van der Waals surface area contributed by atoms with Crippen molar-refractivity contribution in [3.05, 3.63) is 48.7 Å². The summed E-state index contributed by atoms with van der Waals surface area (Å²) in [5, 5.41) is 15.4. The zero-order valence-corrected chi connectivity index (χ0v) is 15.2. The molecule has 1 aromatic carbocycles.